The van der Waals surface area contributed by atoms with Gasteiger partial charge in [0.1, 0.15) is 24.3 Å². The van der Waals surface area contributed by atoms with Gasteiger partial charge in [0.2, 0.25) is 5.91 Å². The lowest BCUT2D eigenvalue weighted by Gasteiger charge is -2.45. The van der Waals surface area contributed by atoms with E-state index in [1.165, 1.54) is 17.0 Å². The molecule has 1 saturated carbocycles. The Morgan fingerprint density at radius 3 is 2.50 bits per heavy atom. The number of amides is 2. The molecule has 1 aromatic heterocycles. The van der Waals surface area contributed by atoms with Crippen molar-refractivity contribution in [2.24, 2.45) is 15.4 Å². The second-order valence-corrected chi connectivity index (χ2v) is 8.91. The van der Waals surface area contributed by atoms with Gasteiger partial charge in [-0.3, -0.25) is 9.59 Å². The van der Waals surface area contributed by atoms with Gasteiger partial charge in [-0.1, -0.05) is 35.9 Å². The number of pyridine rings is 1. The van der Waals surface area contributed by atoms with Crippen LogP contribution < -0.4 is 15.1 Å². The molecular formula is C23H25N11O4. The average Bonchev–Trinajstić information content (AvgIpc) is 3.21. The first-order valence-corrected chi connectivity index (χ1v) is 12.1. The summed E-state index contributed by atoms with van der Waals surface area (Å²) in [5.41, 5.74) is 18.5. The van der Waals surface area contributed by atoms with Gasteiger partial charge in [0, 0.05) is 26.6 Å². The van der Waals surface area contributed by atoms with Crippen molar-refractivity contribution >= 4 is 34.8 Å². The van der Waals surface area contributed by atoms with Crippen molar-refractivity contribution in [3.05, 3.63) is 61.7 Å². The average molecular weight is 520 g/mol. The number of carbonyl (C=O) groups excluding carboxylic acids is 2. The predicted octanol–water partition coefficient (Wildman–Crippen LogP) is 5.26. The van der Waals surface area contributed by atoms with E-state index in [4.69, 9.17) is 16.0 Å². The van der Waals surface area contributed by atoms with Crippen LogP contribution in [0.25, 0.3) is 20.9 Å². The number of anilines is 4. The van der Waals surface area contributed by atoms with Gasteiger partial charge in [-0.25, -0.2) is 4.98 Å². The molecule has 196 valence electrons. The monoisotopic (exact) mass is 519 g/mol. The third-order valence-corrected chi connectivity index (χ3v) is 6.67. The highest BCUT2D eigenvalue weighted by Gasteiger charge is 2.42. The minimum atomic E-state index is -1.01. The van der Waals surface area contributed by atoms with Gasteiger partial charge in [-0.15, -0.1) is 4.91 Å². The maximum atomic E-state index is 13.6. The van der Waals surface area contributed by atoms with E-state index in [0.29, 0.717) is 17.3 Å². The number of aromatic nitrogens is 1. The van der Waals surface area contributed by atoms with Crippen LogP contribution in [0.15, 0.2) is 45.7 Å². The molecule has 2 aliphatic rings. The van der Waals surface area contributed by atoms with E-state index in [1.807, 2.05) is 4.90 Å². The molecule has 15 nitrogen and oxygen atoms in total. The maximum absolute atomic E-state index is 13.6. The normalized spacial score (nSPS) is 17.5. The second-order valence-electron chi connectivity index (χ2n) is 8.91. The lowest BCUT2D eigenvalue weighted by atomic mass is 10.0. The first-order valence-electron chi connectivity index (χ1n) is 12.1. The highest BCUT2D eigenvalue weighted by Crippen LogP contribution is 2.40. The topological polar surface area (TPSA) is 213 Å². The SMILES string of the molecule is [N-]=[N+]=NC[C@@H]1C(=O)N(CN=[N+]=[N-])c2ccc(Nc3ccc(C(=O)N=O)cc3O)nc2N1C1CCCCCC1. The van der Waals surface area contributed by atoms with E-state index in [9.17, 15) is 19.6 Å². The summed E-state index contributed by atoms with van der Waals surface area (Å²) in [6, 6.07) is 6.27. The van der Waals surface area contributed by atoms with Crippen LogP contribution in [-0.2, 0) is 4.79 Å². The molecule has 0 bridgehead atoms. The van der Waals surface area contributed by atoms with Gasteiger partial charge in [0.05, 0.1) is 17.9 Å². The van der Waals surface area contributed by atoms with E-state index in [1.54, 1.807) is 12.1 Å². The van der Waals surface area contributed by atoms with Crippen molar-refractivity contribution in [2.45, 2.75) is 50.6 Å². The van der Waals surface area contributed by atoms with Crippen molar-refractivity contribution < 1.29 is 14.7 Å². The highest BCUT2D eigenvalue weighted by atomic mass is 16.3. The maximum Gasteiger partial charge on any atom is 0.316 e. The summed E-state index contributed by atoms with van der Waals surface area (Å²) in [6.07, 6.45) is 5.79. The fourth-order valence-electron chi connectivity index (χ4n) is 4.92. The molecule has 1 fully saturated rings. The van der Waals surface area contributed by atoms with Gasteiger partial charge in [-0.05, 0) is 54.2 Å². The Kier molecular flexibility index (Phi) is 8.21. The number of fused-ring (bicyclic) bond motifs is 1. The molecule has 15 heteroatoms. The number of carbonyl (C=O) groups is 2. The standard InChI is InChI=1S/C23H25N11O4/c24-31-26-12-18-23(37)33(13-27-32-25)17-9-10-20(28-16-8-7-14(11-19(16)35)22(36)30-38)29-21(17)34(18)15-5-3-1-2-4-6-15/h7-11,15,18,35H,1-6,12-13H2,(H,28,29)/t18-/m1/s1. The van der Waals surface area contributed by atoms with Crippen LogP contribution in [0.1, 0.15) is 48.9 Å². The molecule has 0 radical (unpaired) electrons. The lowest BCUT2D eigenvalue weighted by Crippen LogP contribution is -2.58. The van der Waals surface area contributed by atoms with E-state index < -0.39 is 11.9 Å². The molecule has 2 aromatic rings. The van der Waals surface area contributed by atoms with Crippen LogP contribution in [0, 0.1) is 4.91 Å². The van der Waals surface area contributed by atoms with Crippen LogP contribution in [0.3, 0.4) is 0 Å². The zero-order valence-corrected chi connectivity index (χ0v) is 20.3. The Labute approximate surface area is 216 Å². The largest absolute Gasteiger partial charge is 0.506 e. The third-order valence-electron chi connectivity index (χ3n) is 6.67. The minimum Gasteiger partial charge on any atom is -0.506 e. The number of azide groups is 2. The molecule has 4 rings (SSSR count). The molecule has 1 atom stereocenters. The first kappa shape index (κ1) is 26.2. The number of benzene rings is 1. The summed E-state index contributed by atoms with van der Waals surface area (Å²) in [5.74, 6) is -0.879. The molecule has 1 aliphatic carbocycles. The Hall–Kier alpha value is -4.87. The summed E-state index contributed by atoms with van der Waals surface area (Å²) >= 11 is 0. The van der Waals surface area contributed by atoms with Crippen LogP contribution >= 0.6 is 0 Å². The van der Waals surface area contributed by atoms with Gasteiger partial charge in [0.15, 0.2) is 5.82 Å². The van der Waals surface area contributed by atoms with E-state index >= 15 is 0 Å². The number of aromatic hydroxyl groups is 1. The van der Waals surface area contributed by atoms with Crippen LogP contribution in [0.5, 0.6) is 5.75 Å². The summed E-state index contributed by atoms with van der Waals surface area (Å²) in [6.45, 7) is -0.387. The molecule has 2 amide bonds. The number of hydrogen-bond acceptors (Lipinski definition) is 9. The first-order chi connectivity index (χ1) is 18.5. The van der Waals surface area contributed by atoms with Gasteiger partial charge in [-0.2, -0.15) is 0 Å². The van der Waals surface area contributed by atoms with E-state index in [-0.39, 0.29) is 42.2 Å². The lowest BCUT2D eigenvalue weighted by molar-refractivity contribution is -0.120. The Morgan fingerprint density at radius 1 is 1.11 bits per heavy atom. The molecule has 1 aliphatic heterocycles. The Balaban J connectivity index is 1.78. The Morgan fingerprint density at radius 2 is 1.84 bits per heavy atom. The van der Waals surface area contributed by atoms with Crippen LogP contribution in [0.2, 0.25) is 0 Å². The summed E-state index contributed by atoms with van der Waals surface area (Å²) < 4.78 is 0. The number of nitroso groups, excluding NO2 is 1. The Bertz CT molecular complexity index is 1330. The third kappa shape index (κ3) is 5.43. The zero-order chi connectivity index (χ0) is 27.1. The molecule has 1 aromatic carbocycles. The molecular weight excluding hydrogens is 494 g/mol. The molecule has 2 heterocycles. The zero-order valence-electron chi connectivity index (χ0n) is 20.3. The molecule has 0 saturated heterocycles. The van der Waals surface area contributed by atoms with Crippen LogP contribution in [0.4, 0.5) is 23.0 Å². The second kappa shape index (κ2) is 11.9. The van der Waals surface area contributed by atoms with Crippen molar-refractivity contribution in [2.75, 3.05) is 28.3 Å². The fraction of sp³-hybridized carbons (Fsp3) is 0.435. The summed E-state index contributed by atoms with van der Waals surface area (Å²) in [4.78, 5) is 49.2. The number of phenols is 1. The minimum absolute atomic E-state index is 0.0296. The quantitative estimate of drug-likeness (QED) is 0.118. The van der Waals surface area contributed by atoms with Crippen molar-refractivity contribution in [3.63, 3.8) is 0 Å². The van der Waals surface area contributed by atoms with Crippen molar-refractivity contribution in [3.8, 4) is 5.75 Å². The van der Waals surface area contributed by atoms with E-state index in [2.05, 4.69) is 30.5 Å². The smallest absolute Gasteiger partial charge is 0.316 e. The fourth-order valence-corrected chi connectivity index (χ4v) is 4.92. The van der Waals surface area contributed by atoms with E-state index in [0.717, 1.165) is 44.6 Å². The summed E-state index contributed by atoms with van der Waals surface area (Å²) in [5, 5.41) is 23.0. The molecule has 38 heavy (non-hydrogen) atoms. The molecule has 0 unspecified atom stereocenters. The van der Waals surface area contributed by atoms with Gasteiger partial charge >= 0.3 is 5.91 Å². The van der Waals surface area contributed by atoms with Crippen molar-refractivity contribution in [1.29, 1.82) is 0 Å². The van der Waals surface area contributed by atoms with Crippen molar-refractivity contribution in [1.82, 2.24) is 4.98 Å². The summed E-state index contributed by atoms with van der Waals surface area (Å²) in [7, 11) is 0. The highest BCUT2D eigenvalue weighted by molar-refractivity contribution is 6.05. The molecule has 0 spiro atoms. The predicted molar refractivity (Wildman–Crippen MR) is 139 cm³/mol. The number of phenolic OH excluding ortho intramolecular Hbond substituents is 1. The number of nitrogens with one attached hydrogen (secondary N) is 1. The number of nitrogens with zero attached hydrogens (tertiary/aromatic N) is 10. The van der Waals surface area contributed by atoms with Gasteiger partial charge in [0.25, 0.3) is 0 Å². The van der Waals surface area contributed by atoms with Gasteiger partial charge < -0.3 is 20.2 Å². The number of hydrogen-bond donors (Lipinski definition) is 2. The number of rotatable bonds is 8. The van der Waals surface area contributed by atoms with Crippen LogP contribution in [-0.4, -0.2) is 47.2 Å². The molecule has 2 N–H and O–H groups in total.